The van der Waals surface area contributed by atoms with Crippen molar-refractivity contribution >= 4 is 11.9 Å². The van der Waals surface area contributed by atoms with Crippen LogP contribution >= 0.6 is 0 Å². The number of hydrogen-bond donors (Lipinski definition) is 1. The summed E-state index contributed by atoms with van der Waals surface area (Å²) in [7, 11) is 0. The van der Waals surface area contributed by atoms with Crippen molar-refractivity contribution < 1.29 is 24.3 Å². The molecule has 198 valence electrons. The predicted octanol–water partition coefficient (Wildman–Crippen LogP) is 5.31. The van der Waals surface area contributed by atoms with Gasteiger partial charge >= 0.3 is 11.9 Å². The first-order valence-corrected chi connectivity index (χ1v) is 14.3. The number of hydroxylamine groups is 2. The van der Waals surface area contributed by atoms with Gasteiger partial charge in [-0.25, -0.2) is 0 Å². The van der Waals surface area contributed by atoms with E-state index in [-0.39, 0.29) is 71.7 Å². The average Bonchev–Trinajstić information content (AvgIpc) is 3.25. The Morgan fingerprint density at radius 3 is 1.67 bits per heavy atom. The van der Waals surface area contributed by atoms with E-state index < -0.39 is 0 Å². The standard InChI is InChI=1S/C30H43NO5/c1-17-7-5-9-29(3)13-25-19(11-23(17)29)21(27(32)35-25)15-31(34)16-22-20-12-24-18(2)8-6-10-30(24,4)14-26(20)36-28(22)33/h19-26,34H,1-2,5-16H2,3-4H3/t19-,20-,21+,22+,23+,24+,25-,26+,29+,30-/m0/s1. The van der Waals surface area contributed by atoms with E-state index in [0.717, 1.165) is 64.2 Å². The highest BCUT2D eigenvalue weighted by atomic mass is 16.6. The summed E-state index contributed by atoms with van der Waals surface area (Å²) in [6.07, 6.45) is 10.2. The van der Waals surface area contributed by atoms with E-state index in [1.165, 1.54) is 16.2 Å². The third-order valence-electron chi connectivity index (χ3n) is 11.5. The molecule has 2 heterocycles. The number of allylic oxidation sites excluding steroid dienone is 2. The lowest BCUT2D eigenvalue weighted by Crippen LogP contribution is -2.47. The smallest absolute Gasteiger partial charge is 0.311 e. The lowest BCUT2D eigenvalue weighted by molar-refractivity contribution is -0.155. The molecule has 0 unspecified atom stereocenters. The lowest BCUT2D eigenvalue weighted by Gasteiger charge is -2.50. The number of carbonyl (C=O) groups is 2. The highest BCUT2D eigenvalue weighted by Gasteiger charge is 2.57. The molecular weight excluding hydrogens is 454 g/mol. The Bertz CT molecular complexity index is 900. The molecule has 0 aromatic heterocycles. The summed E-state index contributed by atoms with van der Waals surface area (Å²) < 4.78 is 11.8. The summed E-state index contributed by atoms with van der Waals surface area (Å²) in [5, 5.41) is 12.3. The van der Waals surface area contributed by atoms with E-state index in [4.69, 9.17) is 9.47 Å². The second-order valence-corrected chi connectivity index (χ2v) is 13.7. The molecule has 4 saturated carbocycles. The number of fused-ring (bicyclic) bond motifs is 4. The number of nitrogens with zero attached hydrogens (tertiary/aromatic N) is 1. The number of esters is 2. The van der Waals surface area contributed by atoms with Gasteiger partial charge in [-0.15, -0.1) is 0 Å². The van der Waals surface area contributed by atoms with Gasteiger partial charge in [-0.2, -0.15) is 5.06 Å². The highest BCUT2D eigenvalue weighted by molar-refractivity contribution is 5.76. The van der Waals surface area contributed by atoms with Crippen LogP contribution in [0.2, 0.25) is 0 Å². The maximum Gasteiger partial charge on any atom is 0.311 e. The van der Waals surface area contributed by atoms with Crippen molar-refractivity contribution in [1.29, 1.82) is 0 Å². The molecule has 0 bridgehead atoms. The van der Waals surface area contributed by atoms with Crippen LogP contribution in [-0.4, -0.2) is 47.5 Å². The van der Waals surface area contributed by atoms with Crippen molar-refractivity contribution in [3.63, 3.8) is 0 Å². The van der Waals surface area contributed by atoms with Gasteiger partial charge < -0.3 is 14.7 Å². The fraction of sp³-hybridized carbons (Fsp3) is 0.800. The first-order chi connectivity index (χ1) is 17.1. The molecule has 10 atom stereocenters. The Kier molecular flexibility index (Phi) is 5.95. The van der Waals surface area contributed by atoms with Crippen LogP contribution in [0.3, 0.4) is 0 Å². The van der Waals surface area contributed by atoms with Gasteiger partial charge in [0.05, 0.1) is 11.8 Å². The summed E-state index contributed by atoms with van der Waals surface area (Å²) in [6, 6.07) is 0. The monoisotopic (exact) mass is 497 g/mol. The van der Waals surface area contributed by atoms with Crippen LogP contribution in [0.25, 0.3) is 0 Å². The maximum absolute atomic E-state index is 12.9. The Morgan fingerprint density at radius 1 is 0.833 bits per heavy atom. The van der Waals surface area contributed by atoms with Crippen molar-refractivity contribution in [3.8, 4) is 0 Å². The first kappa shape index (κ1) is 24.7. The molecule has 2 saturated heterocycles. The molecule has 0 aromatic rings. The highest BCUT2D eigenvalue weighted by Crippen LogP contribution is 2.58. The Hall–Kier alpha value is -1.66. The van der Waals surface area contributed by atoms with Gasteiger partial charge in [0.25, 0.3) is 0 Å². The van der Waals surface area contributed by atoms with Crippen molar-refractivity contribution in [3.05, 3.63) is 24.3 Å². The van der Waals surface area contributed by atoms with Crippen LogP contribution in [-0.2, 0) is 19.1 Å². The maximum atomic E-state index is 12.9. The number of hydrogen-bond acceptors (Lipinski definition) is 6. The molecule has 1 N–H and O–H groups in total. The summed E-state index contributed by atoms with van der Waals surface area (Å²) in [5.41, 5.74) is 2.95. The molecular formula is C30H43NO5. The normalized spacial score (nSPS) is 48.1. The molecule has 6 nitrogen and oxygen atoms in total. The SMILES string of the molecule is C=C1CCC[C@@]2(C)C[C@H]3OC(=O)[C@H](CN(O)C[C@H]4C(=O)O[C@H]5C[C@@]6(C)CCCC(=C)[C@H]6C[C@H]54)[C@@H]3C[C@H]12. The predicted molar refractivity (Wildman–Crippen MR) is 135 cm³/mol. The average molecular weight is 498 g/mol. The van der Waals surface area contributed by atoms with Crippen LogP contribution < -0.4 is 0 Å². The fourth-order valence-electron chi connectivity index (χ4n) is 9.46. The van der Waals surface area contributed by atoms with Crippen molar-refractivity contribution in [2.75, 3.05) is 13.1 Å². The second kappa shape index (κ2) is 8.69. The molecule has 0 spiro atoms. The van der Waals surface area contributed by atoms with E-state index in [0.29, 0.717) is 11.8 Å². The first-order valence-electron chi connectivity index (χ1n) is 14.3. The van der Waals surface area contributed by atoms with Crippen LogP contribution in [0.15, 0.2) is 24.3 Å². The van der Waals surface area contributed by atoms with Gasteiger partial charge in [-0.05, 0) is 86.9 Å². The molecule has 2 aliphatic heterocycles. The fourth-order valence-corrected chi connectivity index (χ4v) is 9.46. The number of rotatable bonds is 4. The lowest BCUT2D eigenvalue weighted by atomic mass is 9.55. The van der Waals surface area contributed by atoms with E-state index >= 15 is 0 Å². The summed E-state index contributed by atoms with van der Waals surface area (Å²) >= 11 is 0. The molecule has 6 rings (SSSR count). The zero-order valence-electron chi connectivity index (χ0n) is 22.0. The zero-order chi connectivity index (χ0) is 25.4. The van der Waals surface area contributed by atoms with Crippen LogP contribution in [0, 0.1) is 46.3 Å². The summed E-state index contributed by atoms with van der Waals surface area (Å²) in [4.78, 5) is 25.9. The van der Waals surface area contributed by atoms with E-state index in [9.17, 15) is 14.8 Å². The largest absolute Gasteiger partial charge is 0.462 e. The van der Waals surface area contributed by atoms with Crippen molar-refractivity contribution in [2.24, 2.45) is 46.3 Å². The van der Waals surface area contributed by atoms with Gasteiger partial charge in [-0.1, -0.05) is 38.2 Å². The number of carbonyl (C=O) groups excluding carboxylic acids is 2. The molecule has 6 aliphatic rings. The van der Waals surface area contributed by atoms with Gasteiger partial charge in [0.1, 0.15) is 12.2 Å². The second-order valence-electron chi connectivity index (χ2n) is 13.7. The zero-order valence-corrected chi connectivity index (χ0v) is 22.0. The minimum absolute atomic E-state index is 0.0720. The Balaban J connectivity index is 1.13. The molecule has 6 fully saturated rings. The molecule has 6 heteroatoms. The molecule has 36 heavy (non-hydrogen) atoms. The van der Waals surface area contributed by atoms with Gasteiger partial charge in [-0.3, -0.25) is 9.59 Å². The third-order valence-corrected chi connectivity index (χ3v) is 11.5. The van der Waals surface area contributed by atoms with E-state index in [2.05, 4.69) is 27.0 Å². The van der Waals surface area contributed by atoms with Crippen molar-refractivity contribution in [1.82, 2.24) is 5.06 Å². The Morgan fingerprint density at radius 2 is 1.25 bits per heavy atom. The summed E-state index contributed by atoms with van der Waals surface area (Å²) in [6.45, 7) is 13.8. The third kappa shape index (κ3) is 3.89. The quantitative estimate of drug-likeness (QED) is 0.322. The van der Waals surface area contributed by atoms with E-state index in [1.807, 2.05) is 0 Å². The van der Waals surface area contributed by atoms with Gasteiger partial charge in [0.2, 0.25) is 0 Å². The van der Waals surface area contributed by atoms with Crippen LogP contribution in [0.1, 0.15) is 78.1 Å². The van der Waals surface area contributed by atoms with Gasteiger partial charge in [0.15, 0.2) is 0 Å². The topological polar surface area (TPSA) is 76.1 Å². The molecule has 4 aliphatic carbocycles. The molecule has 0 aromatic carbocycles. The van der Waals surface area contributed by atoms with Crippen LogP contribution in [0.4, 0.5) is 0 Å². The molecule has 0 radical (unpaired) electrons. The van der Waals surface area contributed by atoms with Gasteiger partial charge in [0, 0.05) is 24.9 Å². The Labute approximate surface area is 215 Å². The van der Waals surface area contributed by atoms with Crippen molar-refractivity contribution in [2.45, 2.75) is 90.3 Å². The minimum Gasteiger partial charge on any atom is -0.462 e. The molecule has 0 amide bonds. The van der Waals surface area contributed by atoms with Crippen LogP contribution in [0.5, 0.6) is 0 Å². The minimum atomic E-state index is -0.361. The summed E-state index contributed by atoms with van der Waals surface area (Å²) in [5.74, 6) is -0.0784. The number of ether oxygens (including phenoxy) is 2. The van der Waals surface area contributed by atoms with E-state index in [1.54, 1.807) is 0 Å².